The highest BCUT2D eigenvalue weighted by molar-refractivity contribution is 7.91. The van der Waals surface area contributed by atoms with Gasteiger partial charge in [-0.3, -0.25) is 0 Å². The third kappa shape index (κ3) is 5.05. The van der Waals surface area contributed by atoms with Crippen LogP contribution in [0.25, 0.3) is 0 Å². The van der Waals surface area contributed by atoms with E-state index in [0.717, 1.165) is 18.1 Å². The third-order valence-electron chi connectivity index (χ3n) is 2.22. The SMILES string of the molecule is CCS(=O)(=O)CCCNCc1cnc(C)s1. The Bertz CT molecular complexity index is 412. The van der Waals surface area contributed by atoms with Crippen LogP contribution < -0.4 is 5.32 Å². The molecule has 1 heterocycles. The standard InChI is InChI=1S/C10H18N2O2S2/c1-3-16(13,14)6-4-5-11-7-10-8-12-9(2)15-10/h8,11H,3-7H2,1-2H3. The summed E-state index contributed by atoms with van der Waals surface area (Å²) in [7, 11) is -2.81. The molecule has 1 aromatic heterocycles. The van der Waals surface area contributed by atoms with Crippen LogP contribution in [0.1, 0.15) is 23.2 Å². The first-order valence-electron chi connectivity index (χ1n) is 5.36. The molecule has 1 rings (SSSR count). The molecule has 6 heteroatoms. The third-order valence-corrected chi connectivity index (χ3v) is 4.92. The second kappa shape index (κ2) is 6.32. The van der Waals surface area contributed by atoms with Gasteiger partial charge in [-0.05, 0) is 19.9 Å². The topological polar surface area (TPSA) is 59.1 Å². The lowest BCUT2D eigenvalue weighted by molar-refractivity contribution is 0.590. The first kappa shape index (κ1) is 13.6. The fourth-order valence-electron chi connectivity index (χ4n) is 1.26. The summed E-state index contributed by atoms with van der Waals surface area (Å²) in [5.41, 5.74) is 0. The molecule has 0 fully saturated rings. The Morgan fingerprint density at radius 2 is 2.25 bits per heavy atom. The molecule has 0 bridgehead atoms. The largest absolute Gasteiger partial charge is 0.312 e. The maximum atomic E-state index is 11.2. The van der Waals surface area contributed by atoms with Crippen LogP contribution in [-0.4, -0.2) is 31.5 Å². The molecule has 0 aliphatic carbocycles. The van der Waals surface area contributed by atoms with Crippen LogP contribution in [0.2, 0.25) is 0 Å². The number of thiazole rings is 1. The van der Waals surface area contributed by atoms with Gasteiger partial charge in [-0.1, -0.05) is 6.92 Å². The van der Waals surface area contributed by atoms with Crippen LogP contribution in [0.5, 0.6) is 0 Å². The van der Waals surface area contributed by atoms with Gasteiger partial charge in [0.15, 0.2) is 0 Å². The molecule has 0 aromatic carbocycles. The maximum absolute atomic E-state index is 11.2. The first-order chi connectivity index (χ1) is 7.53. The molecule has 0 radical (unpaired) electrons. The molecule has 4 nitrogen and oxygen atoms in total. The monoisotopic (exact) mass is 262 g/mol. The molecule has 0 atom stereocenters. The zero-order valence-electron chi connectivity index (χ0n) is 9.69. The normalized spacial score (nSPS) is 11.9. The average molecular weight is 262 g/mol. The molecule has 92 valence electrons. The highest BCUT2D eigenvalue weighted by Crippen LogP contribution is 2.10. The van der Waals surface area contributed by atoms with Crippen molar-refractivity contribution in [3.63, 3.8) is 0 Å². The molecule has 0 amide bonds. The van der Waals surface area contributed by atoms with E-state index in [1.165, 1.54) is 4.88 Å². The molecule has 1 aromatic rings. The zero-order valence-corrected chi connectivity index (χ0v) is 11.3. The number of aryl methyl sites for hydroxylation is 1. The van der Waals surface area contributed by atoms with Crippen molar-refractivity contribution >= 4 is 21.2 Å². The minimum Gasteiger partial charge on any atom is -0.312 e. The Balaban J connectivity index is 2.13. The van der Waals surface area contributed by atoms with Gasteiger partial charge < -0.3 is 5.32 Å². The maximum Gasteiger partial charge on any atom is 0.150 e. The van der Waals surface area contributed by atoms with Gasteiger partial charge in [-0.15, -0.1) is 11.3 Å². The van der Waals surface area contributed by atoms with Crippen molar-refractivity contribution in [2.75, 3.05) is 18.1 Å². The molecule has 0 aliphatic rings. The summed E-state index contributed by atoms with van der Waals surface area (Å²) in [5.74, 6) is 0.513. The summed E-state index contributed by atoms with van der Waals surface area (Å²) in [6.07, 6.45) is 2.53. The summed E-state index contributed by atoms with van der Waals surface area (Å²) < 4.78 is 22.4. The quantitative estimate of drug-likeness (QED) is 0.754. The molecule has 1 N–H and O–H groups in total. The summed E-state index contributed by atoms with van der Waals surface area (Å²) in [4.78, 5) is 5.34. The van der Waals surface area contributed by atoms with Crippen molar-refractivity contribution in [1.82, 2.24) is 10.3 Å². The number of nitrogens with zero attached hydrogens (tertiary/aromatic N) is 1. The Labute approximate surface area is 101 Å². The molecule has 0 aliphatic heterocycles. The van der Waals surface area contributed by atoms with Gasteiger partial charge in [0.1, 0.15) is 9.84 Å². The van der Waals surface area contributed by atoms with Gasteiger partial charge in [-0.2, -0.15) is 0 Å². The Kier molecular flexibility index (Phi) is 5.37. The van der Waals surface area contributed by atoms with Crippen molar-refractivity contribution in [2.24, 2.45) is 0 Å². The van der Waals surface area contributed by atoms with Crippen molar-refractivity contribution < 1.29 is 8.42 Å². The van der Waals surface area contributed by atoms with Crippen LogP contribution in [0, 0.1) is 6.92 Å². The van der Waals surface area contributed by atoms with Crippen LogP contribution in [0.15, 0.2) is 6.20 Å². The summed E-state index contributed by atoms with van der Waals surface area (Å²) in [5, 5.41) is 4.28. The first-order valence-corrected chi connectivity index (χ1v) is 8.00. The van der Waals surface area contributed by atoms with E-state index in [1.807, 2.05) is 13.1 Å². The fraction of sp³-hybridized carbons (Fsp3) is 0.700. The second-order valence-corrected chi connectivity index (χ2v) is 7.40. The summed E-state index contributed by atoms with van der Waals surface area (Å²) in [6, 6.07) is 0. The number of hydrogen-bond donors (Lipinski definition) is 1. The van der Waals surface area contributed by atoms with Gasteiger partial charge in [-0.25, -0.2) is 13.4 Å². The molecule has 0 saturated heterocycles. The number of nitrogens with one attached hydrogen (secondary N) is 1. The molecular formula is C10H18N2O2S2. The second-order valence-electron chi connectivity index (χ2n) is 3.61. The smallest absolute Gasteiger partial charge is 0.150 e. The number of sulfone groups is 1. The minimum atomic E-state index is -2.81. The molecule has 16 heavy (non-hydrogen) atoms. The van der Waals surface area contributed by atoms with Gasteiger partial charge in [0.25, 0.3) is 0 Å². The van der Waals surface area contributed by atoms with E-state index in [0.29, 0.717) is 6.42 Å². The molecule has 0 spiro atoms. The average Bonchev–Trinajstić information content (AvgIpc) is 2.64. The van der Waals surface area contributed by atoms with E-state index >= 15 is 0 Å². The minimum absolute atomic E-state index is 0.237. The lowest BCUT2D eigenvalue weighted by Gasteiger charge is -2.02. The van der Waals surface area contributed by atoms with Crippen molar-refractivity contribution in [2.45, 2.75) is 26.8 Å². The Morgan fingerprint density at radius 3 is 2.81 bits per heavy atom. The lowest BCUT2D eigenvalue weighted by atomic mass is 10.4. The van der Waals surface area contributed by atoms with E-state index < -0.39 is 9.84 Å². The summed E-state index contributed by atoms with van der Waals surface area (Å²) in [6.45, 7) is 5.17. The van der Waals surface area contributed by atoms with Crippen LogP contribution in [0.4, 0.5) is 0 Å². The van der Waals surface area contributed by atoms with E-state index in [9.17, 15) is 8.42 Å². The molecular weight excluding hydrogens is 244 g/mol. The van der Waals surface area contributed by atoms with Crippen LogP contribution in [0.3, 0.4) is 0 Å². The number of rotatable bonds is 7. The van der Waals surface area contributed by atoms with Gasteiger partial charge in [0.2, 0.25) is 0 Å². The zero-order chi connectivity index (χ0) is 12.0. The van der Waals surface area contributed by atoms with Gasteiger partial charge >= 0.3 is 0 Å². The van der Waals surface area contributed by atoms with E-state index in [2.05, 4.69) is 10.3 Å². The highest BCUT2D eigenvalue weighted by Gasteiger charge is 2.06. The summed E-state index contributed by atoms with van der Waals surface area (Å²) >= 11 is 1.66. The fourth-order valence-corrected chi connectivity index (χ4v) is 2.90. The Hall–Kier alpha value is -0.460. The van der Waals surface area contributed by atoms with Crippen molar-refractivity contribution in [1.29, 1.82) is 0 Å². The van der Waals surface area contributed by atoms with Gasteiger partial charge in [0, 0.05) is 23.4 Å². The molecule has 0 unspecified atom stereocenters. The Morgan fingerprint density at radius 1 is 1.50 bits per heavy atom. The van der Waals surface area contributed by atoms with Crippen molar-refractivity contribution in [3.8, 4) is 0 Å². The van der Waals surface area contributed by atoms with E-state index in [4.69, 9.17) is 0 Å². The van der Waals surface area contributed by atoms with Crippen LogP contribution in [-0.2, 0) is 16.4 Å². The van der Waals surface area contributed by atoms with Gasteiger partial charge in [0.05, 0.1) is 10.8 Å². The van der Waals surface area contributed by atoms with Crippen molar-refractivity contribution in [3.05, 3.63) is 16.1 Å². The van der Waals surface area contributed by atoms with Crippen LogP contribution >= 0.6 is 11.3 Å². The molecule has 0 saturated carbocycles. The predicted octanol–water partition coefficient (Wildman–Crippen LogP) is 1.37. The van der Waals surface area contributed by atoms with E-state index in [1.54, 1.807) is 18.3 Å². The lowest BCUT2D eigenvalue weighted by Crippen LogP contribution is -2.18. The predicted molar refractivity (Wildman–Crippen MR) is 67.5 cm³/mol. The highest BCUT2D eigenvalue weighted by atomic mass is 32.2. The van der Waals surface area contributed by atoms with E-state index in [-0.39, 0.29) is 11.5 Å². The number of aromatic nitrogens is 1. The number of hydrogen-bond acceptors (Lipinski definition) is 5.